The van der Waals surface area contributed by atoms with E-state index in [-0.39, 0.29) is 18.4 Å². The molecule has 2 rings (SSSR count). The minimum absolute atomic E-state index is 0.0816. The molecule has 174 valence electrons. The van der Waals surface area contributed by atoms with Gasteiger partial charge >= 0.3 is 12.1 Å². The number of hydrogen-bond acceptors (Lipinski definition) is 4. The lowest BCUT2D eigenvalue weighted by atomic mass is 9.76. The highest BCUT2D eigenvalue weighted by molar-refractivity contribution is 9.10. The maximum atomic E-state index is 12.9. The molecule has 1 atom stereocenters. The number of methoxy groups -OCH3 is 1. The molecular weight excluding hydrogens is 470 g/mol. The highest BCUT2D eigenvalue weighted by Gasteiger charge is 2.36. The van der Waals surface area contributed by atoms with Crippen LogP contribution in [0, 0.1) is 5.41 Å². The van der Waals surface area contributed by atoms with Crippen LogP contribution in [0.5, 0.6) is 0 Å². The quantitative estimate of drug-likeness (QED) is 0.352. The van der Waals surface area contributed by atoms with E-state index in [9.17, 15) is 9.59 Å². The second-order valence-electron chi connectivity index (χ2n) is 8.82. The molecule has 0 spiro atoms. The Morgan fingerprint density at radius 1 is 1.09 bits per heavy atom. The third-order valence-electron chi connectivity index (χ3n) is 5.44. The first-order valence-corrected chi connectivity index (χ1v) is 11.4. The van der Waals surface area contributed by atoms with Crippen LogP contribution < -0.4 is 0 Å². The van der Waals surface area contributed by atoms with E-state index in [0.717, 1.165) is 5.56 Å². The summed E-state index contributed by atoms with van der Waals surface area (Å²) >= 11 is 3.38. The summed E-state index contributed by atoms with van der Waals surface area (Å²) in [5.74, 6) is -0.782. The van der Waals surface area contributed by atoms with Crippen molar-refractivity contribution < 1.29 is 23.2 Å². The molecule has 32 heavy (non-hydrogen) atoms. The number of hydrogen-bond donors (Lipinski definition) is 0. The summed E-state index contributed by atoms with van der Waals surface area (Å²) in [7, 11) is 2.89. The molecule has 0 radical (unpaired) electrons. The summed E-state index contributed by atoms with van der Waals surface area (Å²) in [4.78, 5) is 26.9. The Kier molecular flexibility index (Phi) is 7.73. The van der Waals surface area contributed by atoms with Crippen molar-refractivity contribution in [2.24, 2.45) is 5.41 Å². The Morgan fingerprint density at radius 3 is 2.44 bits per heavy atom. The minimum Gasteiger partial charge on any atom is -0.468 e. The van der Waals surface area contributed by atoms with Crippen LogP contribution in [0.4, 0.5) is 4.79 Å². The Hall–Kier alpha value is -2.34. The number of benzene rings is 2. The average Bonchev–Trinajstić information content (AvgIpc) is 2.79. The molecular formula is C26H34BrNO4. The molecule has 0 saturated carbocycles. The lowest BCUT2D eigenvalue weighted by Gasteiger charge is -2.32. The number of amides is 1. The molecule has 5 nitrogen and oxygen atoms in total. The van der Waals surface area contributed by atoms with E-state index >= 15 is 0 Å². The van der Waals surface area contributed by atoms with Gasteiger partial charge in [0.1, 0.15) is 6.61 Å². The van der Waals surface area contributed by atoms with Gasteiger partial charge in [-0.2, -0.15) is 0 Å². The lowest BCUT2D eigenvalue weighted by Crippen LogP contribution is -2.37. The van der Waals surface area contributed by atoms with Gasteiger partial charge in [0.25, 0.3) is 0 Å². The molecule has 2 aromatic carbocycles. The Morgan fingerprint density at radius 2 is 1.81 bits per heavy atom. The SMILES string of the molecule is [2H]C([2H])([2H])C(CCCC(C)(C)CN(C)C(=O)OCc1ccccc1)(C(=O)OC)c1cccc(Br)c1. The van der Waals surface area contributed by atoms with Gasteiger partial charge in [-0.25, -0.2) is 4.79 Å². The summed E-state index contributed by atoms with van der Waals surface area (Å²) in [6.45, 7) is 2.00. The van der Waals surface area contributed by atoms with Gasteiger partial charge in [0.05, 0.1) is 12.5 Å². The van der Waals surface area contributed by atoms with Crippen molar-refractivity contribution in [2.75, 3.05) is 20.7 Å². The van der Waals surface area contributed by atoms with Crippen LogP contribution in [0.1, 0.15) is 55.2 Å². The standard InChI is InChI=1S/C26H34BrNO4/c1-25(2,19-28(4)24(30)32-18-20-11-7-6-8-12-20)15-10-16-26(3,23(29)31-5)21-13-9-14-22(27)17-21/h6-9,11-14,17H,10,15-16,18-19H2,1-5H3/i3D3. The van der Waals surface area contributed by atoms with Crippen LogP contribution in [0.2, 0.25) is 0 Å². The average molecular weight is 507 g/mol. The highest BCUT2D eigenvalue weighted by Crippen LogP contribution is 2.35. The summed E-state index contributed by atoms with van der Waals surface area (Å²) in [6.07, 6.45) is 0.687. The van der Waals surface area contributed by atoms with Gasteiger partial charge in [0.2, 0.25) is 0 Å². The van der Waals surface area contributed by atoms with E-state index < -0.39 is 24.3 Å². The van der Waals surface area contributed by atoms with E-state index in [4.69, 9.17) is 13.6 Å². The fourth-order valence-corrected chi connectivity index (χ4v) is 4.14. The third kappa shape index (κ3) is 7.37. The monoisotopic (exact) mass is 506 g/mol. The zero-order valence-corrected chi connectivity index (χ0v) is 20.8. The normalized spacial score (nSPS) is 15.0. The van der Waals surface area contributed by atoms with E-state index in [1.807, 2.05) is 44.2 Å². The van der Waals surface area contributed by atoms with Gasteiger partial charge in [-0.05, 0) is 48.4 Å². The lowest BCUT2D eigenvalue weighted by molar-refractivity contribution is -0.147. The first kappa shape index (κ1) is 21.5. The van der Waals surface area contributed by atoms with Gasteiger partial charge in [0.15, 0.2) is 0 Å². The summed E-state index contributed by atoms with van der Waals surface area (Å²) in [5, 5.41) is 0. The molecule has 1 unspecified atom stereocenters. The second-order valence-corrected chi connectivity index (χ2v) is 9.74. The number of nitrogens with zero attached hydrogens (tertiary/aromatic N) is 1. The fraction of sp³-hybridized carbons (Fsp3) is 0.462. The van der Waals surface area contributed by atoms with E-state index in [1.165, 1.54) is 12.0 Å². The first-order valence-electron chi connectivity index (χ1n) is 12.1. The van der Waals surface area contributed by atoms with Gasteiger partial charge < -0.3 is 14.4 Å². The van der Waals surface area contributed by atoms with Crippen LogP contribution in [-0.4, -0.2) is 37.7 Å². The van der Waals surface area contributed by atoms with E-state index in [1.54, 1.807) is 31.3 Å². The van der Waals surface area contributed by atoms with Crippen LogP contribution >= 0.6 is 15.9 Å². The van der Waals surface area contributed by atoms with E-state index in [2.05, 4.69) is 15.9 Å². The molecule has 0 aliphatic heterocycles. The van der Waals surface area contributed by atoms with Crippen LogP contribution in [0.15, 0.2) is 59.1 Å². The maximum Gasteiger partial charge on any atom is 0.409 e. The van der Waals surface area contributed by atoms with E-state index in [0.29, 0.717) is 29.4 Å². The van der Waals surface area contributed by atoms with Crippen molar-refractivity contribution in [3.63, 3.8) is 0 Å². The van der Waals surface area contributed by atoms with Crippen molar-refractivity contribution in [3.05, 3.63) is 70.2 Å². The zero-order chi connectivity index (χ0) is 26.3. The molecule has 0 aliphatic rings. The number of rotatable bonds is 10. The van der Waals surface area contributed by atoms with Crippen molar-refractivity contribution in [3.8, 4) is 0 Å². The van der Waals surface area contributed by atoms with Crippen molar-refractivity contribution in [1.82, 2.24) is 4.90 Å². The van der Waals surface area contributed by atoms with Crippen LogP contribution in [0.25, 0.3) is 0 Å². The third-order valence-corrected chi connectivity index (χ3v) is 5.93. The summed E-state index contributed by atoms with van der Waals surface area (Å²) in [6, 6.07) is 16.2. The summed E-state index contributed by atoms with van der Waals surface area (Å²) < 4.78 is 35.8. The zero-order valence-electron chi connectivity index (χ0n) is 22.2. The minimum atomic E-state index is -2.61. The predicted octanol–water partition coefficient (Wildman–Crippen LogP) is 6.34. The molecule has 0 heterocycles. The van der Waals surface area contributed by atoms with Crippen LogP contribution in [0.3, 0.4) is 0 Å². The maximum absolute atomic E-state index is 12.9. The van der Waals surface area contributed by atoms with Gasteiger partial charge in [-0.1, -0.05) is 78.7 Å². The van der Waals surface area contributed by atoms with Crippen molar-refractivity contribution >= 4 is 28.0 Å². The molecule has 2 aromatic rings. The number of ether oxygens (including phenoxy) is 2. The van der Waals surface area contributed by atoms with Gasteiger partial charge in [-0.15, -0.1) is 0 Å². The first-order chi connectivity index (χ1) is 16.3. The van der Waals surface area contributed by atoms with Gasteiger partial charge in [-0.3, -0.25) is 4.79 Å². The molecule has 0 aliphatic carbocycles. The smallest absolute Gasteiger partial charge is 0.409 e. The van der Waals surface area contributed by atoms with Crippen molar-refractivity contribution in [1.29, 1.82) is 0 Å². The molecule has 6 heteroatoms. The number of halogens is 1. The number of carbonyl (C=O) groups is 2. The largest absolute Gasteiger partial charge is 0.468 e. The topological polar surface area (TPSA) is 55.8 Å². The number of esters is 1. The molecule has 0 bridgehead atoms. The van der Waals surface area contributed by atoms with Crippen molar-refractivity contribution in [2.45, 2.75) is 52.0 Å². The Labute approximate surface area is 204 Å². The Bertz CT molecular complexity index is 998. The Balaban J connectivity index is 2.08. The molecule has 0 fully saturated rings. The second kappa shape index (κ2) is 11.5. The van der Waals surface area contributed by atoms with Gasteiger partial charge in [0, 0.05) is 22.2 Å². The molecule has 0 saturated heterocycles. The summed E-state index contributed by atoms with van der Waals surface area (Å²) in [5.41, 5.74) is -0.834. The fourth-order valence-electron chi connectivity index (χ4n) is 3.74. The highest BCUT2D eigenvalue weighted by atomic mass is 79.9. The molecule has 0 aromatic heterocycles. The molecule has 1 amide bonds. The molecule has 0 N–H and O–H groups in total. The van der Waals surface area contributed by atoms with Crippen LogP contribution in [-0.2, 0) is 26.3 Å². The number of carbonyl (C=O) groups excluding carboxylic acids is 2. The predicted molar refractivity (Wildman–Crippen MR) is 130 cm³/mol.